The molecule has 1 heterocycles. The first-order chi connectivity index (χ1) is 5.77. The Morgan fingerprint density at radius 1 is 1.33 bits per heavy atom. The van der Waals surface area contributed by atoms with Crippen molar-refractivity contribution < 1.29 is 9.53 Å². The van der Waals surface area contributed by atoms with Crippen molar-refractivity contribution in [1.82, 2.24) is 0 Å². The predicted molar refractivity (Wildman–Crippen MR) is 45.6 cm³/mol. The minimum atomic E-state index is 0.0191. The second kappa shape index (κ2) is 3.08. The van der Waals surface area contributed by atoms with E-state index in [9.17, 15) is 4.79 Å². The van der Waals surface area contributed by atoms with E-state index in [0.29, 0.717) is 18.3 Å². The highest BCUT2D eigenvalue weighted by atomic mass is 16.5. The first-order valence-electron chi connectivity index (χ1n) is 4.97. The summed E-state index contributed by atoms with van der Waals surface area (Å²) in [4.78, 5) is 11.1. The van der Waals surface area contributed by atoms with Crippen LogP contribution in [0.25, 0.3) is 0 Å². The van der Waals surface area contributed by atoms with Crippen molar-refractivity contribution in [3.8, 4) is 0 Å². The summed E-state index contributed by atoms with van der Waals surface area (Å²) in [6, 6.07) is 0. The Kier molecular flexibility index (Phi) is 2.07. The topological polar surface area (TPSA) is 26.3 Å². The number of hydrogen-bond donors (Lipinski definition) is 0. The third-order valence-corrected chi connectivity index (χ3v) is 3.26. The molecule has 0 N–H and O–H groups in total. The summed E-state index contributed by atoms with van der Waals surface area (Å²) in [7, 11) is 0. The molecule has 3 atom stereocenters. The molecule has 2 heteroatoms. The molecule has 0 spiro atoms. The van der Waals surface area contributed by atoms with E-state index >= 15 is 0 Å². The van der Waals surface area contributed by atoms with Gasteiger partial charge in [0.1, 0.15) is 6.10 Å². The smallest absolute Gasteiger partial charge is 0.306 e. The molecule has 2 rings (SSSR count). The monoisotopic (exact) mass is 168 g/mol. The number of carbonyl (C=O) groups is 1. The van der Waals surface area contributed by atoms with Crippen molar-refractivity contribution in [3.63, 3.8) is 0 Å². The molecular weight excluding hydrogens is 152 g/mol. The lowest BCUT2D eigenvalue weighted by atomic mass is 9.76. The molecule has 2 nitrogen and oxygen atoms in total. The van der Waals surface area contributed by atoms with Gasteiger partial charge >= 0.3 is 5.97 Å². The zero-order valence-corrected chi connectivity index (χ0v) is 7.58. The third kappa shape index (κ3) is 1.35. The highest BCUT2D eigenvalue weighted by molar-refractivity contribution is 5.70. The van der Waals surface area contributed by atoms with E-state index in [-0.39, 0.29) is 12.1 Å². The van der Waals surface area contributed by atoms with E-state index in [1.165, 1.54) is 19.3 Å². The molecule has 0 aromatic rings. The molecule has 0 unspecified atom stereocenters. The SMILES string of the molecule is C[C@H]1CC(=O)O[C@@H]2CCCC[C@H]12. The van der Waals surface area contributed by atoms with Gasteiger partial charge in [-0.25, -0.2) is 0 Å². The molecule has 68 valence electrons. The first kappa shape index (κ1) is 8.09. The predicted octanol–water partition coefficient (Wildman–Crippen LogP) is 2.13. The van der Waals surface area contributed by atoms with Crippen molar-refractivity contribution >= 4 is 5.97 Å². The zero-order valence-electron chi connectivity index (χ0n) is 7.58. The van der Waals surface area contributed by atoms with Crippen LogP contribution in [0.5, 0.6) is 0 Å². The zero-order chi connectivity index (χ0) is 8.55. The van der Waals surface area contributed by atoms with Gasteiger partial charge < -0.3 is 4.74 Å². The molecule has 0 radical (unpaired) electrons. The summed E-state index contributed by atoms with van der Waals surface area (Å²) >= 11 is 0. The summed E-state index contributed by atoms with van der Waals surface area (Å²) in [5.74, 6) is 1.23. The number of hydrogen-bond acceptors (Lipinski definition) is 2. The molecule has 1 aliphatic heterocycles. The van der Waals surface area contributed by atoms with Gasteiger partial charge in [0.25, 0.3) is 0 Å². The van der Waals surface area contributed by atoms with Gasteiger partial charge in [-0.3, -0.25) is 4.79 Å². The Labute approximate surface area is 73.3 Å². The largest absolute Gasteiger partial charge is 0.462 e. The quantitative estimate of drug-likeness (QED) is 0.518. The van der Waals surface area contributed by atoms with Crippen LogP contribution in [-0.4, -0.2) is 12.1 Å². The van der Waals surface area contributed by atoms with Gasteiger partial charge in [0.05, 0.1) is 0 Å². The standard InChI is InChI=1S/C10H16O2/c1-7-6-10(11)12-9-5-3-2-4-8(7)9/h7-9H,2-6H2,1H3/t7-,8+,9+/m0/s1. The summed E-state index contributed by atoms with van der Waals surface area (Å²) in [6.07, 6.45) is 5.82. The minimum Gasteiger partial charge on any atom is -0.462 e. The van der Waals surface area contributed by atoms with Crippen LogP contribution in [0.1, 0.15) is 39.0 Å². The number of ether oxygens (including phenoxy) is 1. The van der Waals surface area contributed by atoms with E-state index in [1.807, 2.05) is 0 Å². The highest BCUT2D eigenvalue weighted by Crippen LogP contribution is 2.37. The van der Waals surface area contributed by atoms with Crippen molar-refractivity contribution in [2.75, 3.05) is 0 Å². The Morgan fingerprint density at radius 3 is 2.92 bits per heavy atom. The van der Waals surface area contributed by atoms with E-state index in [2.05, 4.69) is 6.92 Å². The average molecular weight is 168 g/mol. The second-order valence-corrected chi connectivity index (χ2v) is 4.16. The number of carbonyl (C=O) groups excluding carboxylic acids is 1. The van der Waals surface area contributed by atoms with Crippen LogP contribution >= 0.6 is 0 Å². The molecule has 0 aromatic heterocycles. The van der Waals surface area contributed by atoms with Gasteiger partial charge in [-0.2, -0.15) is 0 Å². The van der Waals surface area contributed by atoms with Crippen LogP contribution in [0.15, 0.2) is 0 Å². The van der Waals surface area contributed by atoms with Gasteiger partial charge in [0.15, 0.2) is 0 Å². The average Bonchev–Trinajstić information content (AvgIpc) is 2.04. The Bertz CT molecular complexity index is 188. The van der Waals surface area contributed by atoms with E-state index in [0.717, 1.165) is 6.42 Å². The second-order valence-electron chi connectivity index (χ2n) is 4.16. The Morgan fingerprint density at radius 2 is 2.08 bits per heavy atom. The minimum absolute atomic E-state index is 0.0191. The lowest BCUT2D eigenvalue weighted by Crippen LogP contribution is -2.39. The fraction of sp³-hybridized carbons (Fsp3) is 0.900. The maximum atomic E-state index is 11.1. The van der Waals surface area contributed by atoms with Crippen LogP contribution < -0.4 is 0 Å². The van der Waals surface area contributed by atoms with Crippen molar-refractivity contribution in [1.29, 1.82) is 0 Å². The van der Waals surface area contributed by atoms with Crippen molar-refractivity contribution in [2.24, 2.45) is 11.8 Å². The van der Waals surface area contributed by atoms with Crippen LogP contribution in [-0.2, 0) is 9.53 Å². The van der Waals surface area contributed by atoms with E-state index in [4.69, 9.17) is 4.74 Å². The molecule has 2 fully saturated rings. The number of esters is 1. The molecular formula is C10H16O2. The lowest BCUT2D eigenvalue weighted by molar-refractivity contribution is -0.165. The van der Waals surface area contributed by atoms with Gasteiger partial charge in [-0.05, 0) is 31.1 Å². The van der Waals surface area contributed by atoms with Gasteiger partial charge in [0, 0.05) is 6.42 Å². The molecule has 2 aliphatic rings. The molecule has 1 aliphatic carbocycles. The molecule has 0 amide bonds. The van der Waals surface area contributed by atoms with E-state index in [1.54, 1.807) is 0 Å². The highest BCUT2D eigenvalue weighted by Gasteiger charge is 2.37. The third-order valence-electron chi connectivity index (χ3n) is 3.26. The Hall–Kier alpha value is -0.530. The maximum absolute atomic E-state index is 11.1. The van der Waals surface area contributed by atoms with Gasteiger partial charge in [-0.1, -0.05) is 13.3 Å². The van der Waals surface area contributed by atoms with Gasteiger partial charge in [-0.15, -0.1) is 0 Å². The van der Waals surface area contributed by atoms with Crippen molar-refractivity contribution in [2.45, 2.75) is 45.1 Å². The number of fused-ring (bicyclic) bond motifs is 1. The molecule has 12 heavy (non-hydrogen) atoms. The van der Waals surface area contributed by atoms with Crippen LogP contribution in [0.3, 0.4) is 0 Å². The summed E-state index contributed by atoms with van der Waals surface area (Å²) in [5, 5.41) is 0. The van der Waals surface area contributed by atoms with E-state index < -0.39 is 0 Å². The molecule has 1 saturated carbocycles. The van der Waals surface area contributed by atoms with Crippen LogP contribution in [0, 0.1) is 11.8 Å². The summed E-state index contributed by atoms with van der Waals surface area (Å²) in [5.41, 5.74) is 0. The fourth-order valence-corrected chi connectivity index (χ4v) is 2.55. The Balaban J connectivity index is 2.06. The number of rotatable bonds is 0. The lowest BCUT2D eigenvalue weighted by Gasteiger charge is -2.38. The van der Waals surface area contributed by atoms with Crippen LogP contribution in [0.2, 0.25) is 0 Å². The fourth-order valence-electron chi connectivity index (χ4n) is 2.55. The summed E-state index contributed by atoms with van der Waals surface area (Å²) < 4.78 is 5.32. The maximum Gasteiger partial charge on any atom is 0.306 e. The summed E-state index contributed by atoms with van der Waals surface area (Å²) in [6.45, 7) is 2.18. The van der Waals surface area contributed by atoms with Gasteiger partial charge in [0.2, 0.25) is 0 Å². The molecule has 1 saturated heterocycles. The molecule has 0 aromatic carbocycles. The molecule has 0 bridgehead atoms. The first-order valence-corrected chi connectivity index (χ1v) is 4.97. The van der Waals surface area contributed by atoms with Crippen LogP contribution in [0.4, 0.5) is 0 Å². The normalized spacial score (nSPS) is 41.8. The van der Waals surface area contributed by atoms with Crippen molar-refractivity contribution in [3.05, 3.63) is 0 Å².